The predicted octanol–water partition coefficient (Wildman–Crippen LogP) is -0.0157. The van der Waals surface area contributed by atoms with Gasteiger partial charge in [-0.2, -0.15) is 0 Å². The topological polar surface area (TPSA) is 61.8 Å². The lowest BCUT2D eigenvalue weighted by atomic mass is 9.87. The van der Waals surface area contributed by atoms with E-state index in [1.54, 1.807) is 0 Å². The van der Waals surface area contributed by atoms with Gasteiger partial charge in [0.05, 0.1) is 12.7 Å². The number of nitrogens with one attached hydrogen (secondary N) is 1. The second-order valence-electron chi connectivity index (χ2n) is 5.55. The number of aliphatic hydroxyl groups is 1. The van der Waals surface area contributed by atoms with Gasteiger partial charge >= 0.3 is 0 Å². The van der Waals surface area contributed by atoms with Crippen LogP contribution in [-0.4, -0.2) is 61.4 Å². The molecule has 0 aromatic carbocycles. The van der Waals surface area contributed by atoms with Gasteiger partial charge in [-0.05, 0) is 32.2 Å². The van der Waals surface area contributed by atoms with E-state index in [9.17, 15) is 9.90 Å². The minimum Gasteiger partial charge on any atom is -0.393 e. The maximum Gasteiger partial charge on any atom is 0.250 e. The maximum atomic E-state index is 11.9. The van der Waals surface area contributed by atoms with Crippen molar-refractivity contribution in [3.63, 3.8) is 0 Å². The molecule has 3 unspecified atom stereocenters. The van der Waals surface area contributed by atoms with E-state index >= 15 is 0 Å². The normalized spacial score (nSPS) is 34.2. The third-order valence-corrected chi connectivity index (χ3v) is 3.88. The lowest BCUT2D eigenvalue weighted by Crippen LogP contribution is -2.49. The third kappa shape index (κ3) is 3.93. The molecule has 1 aliphatic carbocycles. The summed E-state index contributed by atoms with van der Waals surface area (Å²) in [5.41, 5.74) is 0. The molecule has 1 amide bonds. The zero-order valence-electron chi connectivity index (χ0n) is 11.1. The zero-order chi connectivity index (χ0) is 13.0. The number of aliphatic hydroxyl groups excluding tert-OH is 1. The van der Waals surface area contributed by atoms with Crippen LogP contribution in [0.4, 0.5) is 0 Å². The van der Waals surface area contributed by atoms with E-state index in [1.165, 1.54) is 0 Å². The Balaban J connectivity index is 1.70. The quantitative estimate of drug-likeness (QED) is 0.745. The molecule has 1 aliphatic heterocycles. The minimum atomic E-state index is -0.336. The summed E-state index contributed by atoms with van der Waals surface area (Å²) in [7, 11) is 2.00. The van der Waals surface area contributed by atoms with Crippen LogP contribution in [0, 0.1) is 5.92 Å². The van der Waals surface area contributed by atoms with Gasteiger partial charge in [-0.1, -0.05) is 6.42 Å². The smallest absolute Gasteiger partial charge is 0.250 e. The maximum absolute atomic E-state index is 11.9. The van der Waals surface area contributed by atoms with E-state index < -0.39 is 0 Å². The molecule has 5 nitrogen and oxygen atoms in total. The van der Waals surface area contributed by atoms with Gasteiger partial charge in [0, 0.05) is 19.6 Å². The molecule has 2 fully saturated rings. The Morgan fingerprint density at radius 3 is 3.06 bits per heavy atom. The van der Waals surface area contributed by atoms with Crippen LogP contribution in [0.3, 0.4) is 0 Å². The Morgan fingerprint density at radius 2 is 2.33 bits per heavy atom. The Kier molecular flexibility index (Phi) is 4.97. The zero-order valence-corrected chi connectivity index (χ0v) is 11.1. The molecule has 1 heterocycles. The number of hydrogen-bond acceptors (Lipinski definition) is 4. The van der Waals surface area contributed by atoms with Crippen molar-refractivity contribution in [2.75, 3.05) is 33.3 Å². The van der Waals surface area contributed by atoms with Gasteiger partial charge in [-0.15, -0.1) is 0 Å². The fourth-order valence-electron chi connectivity index (χ4n) is 2.74. The van der Waals surface area contributed by atoms with Crippen molar-refractivity contribution in [1.29, 1.82) is 0 Å². The SMILES string of the molecule is CN1CCOC(C(=O)NCC2CCCC(O)C2)C1. The van der Waals surface area contributed by atoms with Gasteiger partial charge in [0.15, 0.2) is 0 Å². The molecule has 0 aromatic heterocycles. The number of morpholine rings is 1. The number of nitrogens with zero attached hydrogens (tertiary/aromatic N) is 1. The highest BCUT2D eigenvalue weighted by atomic mass is 16.5. The average molecular weight is 256 g/mol. The Labute approximate surface area is 108 Å². The molecule has 18 heavy (non-hydrogen) atoms. The van der Waals surface area contributed by atoms with Crippen molar-refractivity contribution in [2.24, 2.45) is 5.92 Å². The minimum absolute atomic E-state index is 0.0124. The first-order chi connectivity index (χ1) is 8.65. The fraction of sp³-hybridized carbons (Fsp3) is 0.923. The Morgan fingerprint density at radius 1 is 1.50 bits per heavy atom. The summed E-state index contributed by atoms with van der Waals surface area (Å²) in [5, 5.41) is 12.5. The number of likely N-dealkylation sites (N-methyl/N-ethyl adjacent to an activating group) is 1. The molecule has 0 bridgehead atoms. The first-order valence-corrected chi connectivity index (χ1v) is 6.91. The number of hydrogen-bond donors (Lipinski definition) is 2. The molecule has 5 heteroatoms. The third-order valence-electron chi connectivity index (χ3n) is 3.88. The van der Waals surface area contributed by atoms with Crippen molar-refractivity contribution in [3.05, 3.63) is 0 Å². The molecule has 2 N–H and O–H groups in total. The van der Waals surface area contributed by atoms with Crippen LogP contribution in [0.1, 0.15) is 25.7 Å². The van der Waals surface area contributed by atoms with Crippen molar-refractivity contribution in [1.82, 2.24) is 10.2 Å². The summed E-state index contributed by atoms with van der Waals surface area (Å²) in [5.74, 6) is 0.403. The van der Waals surface area contributed by atoms with Crippen LogP contribution in [0.15, 0.2) is 0 Å². The highest BCUT2D eigenvalue weighted by molar-refractivity contribution is 5.81. The molecule has 3 atom stereocenters. The summed E-state index contributed by atoms with van der Waals surface area (Å²) in [6, 6.07) is 0. The van der Waals surface area contributed by atoms with Gasteiger partial charge in [0.1, 0.15) is 6.10 Å². The van der Waals surface area contributed by atoms with Crippen LogP contribution in [-0.2, 0) is 9.53 Å². The number of amides is 1. The van der Waals surface area contributed by atoms with E-state index in [1.807, 2.05) is 7.05 Å². The van der Waals surface area contributed by atoms with E-state index in [0.717, 1.165) is 32.2 Å². The molecule has 2 aliphatic rings. The lowest BCUT2D eigenvalue weighted by Gasteiger charge is -2.30. The number of rotatable bonds is 3. The standard InChI is InChI=1S/C13H24N2O3/c1-15-5-6-18-12(9-15)13(17)14-8-10-3-2-4-11(16)7-10/h10-12,16H,2-9H2,1H3,(H,14,17). The molecular formula is C13H24N2O3. The fourth-order valence-corrected chi connectivity index (χ4v) is 2.74. The van der Waals surface area contributed by atoms with E-state index in [2.05, 4.69) is 10.2 Å². The molecule has 1 saturated heterocycles. The largest absolute Gasteiger partial charge is 0.393 e. The highest BCUT2D eigenvalue weighted by Gasteiger charge is 2.26. The highest BCUT2D eigenvalue weighted by Crippen LogP contribution is 2.23. The molecular weight excluding hydrogens is 232 g/mol. The van der Waals surface area contributed by atoms with Gasteiger partial charge in [-0.25, -0.2) is 0 Å². The van der Waals surface area contributed by atoms with Crippen LogP contribution in [0.2, 0.25) is 0 Å². The second kappa shape index (κ2) is 6.50. The molecule has 2 rings (SSSR count). The summed E-state index contributed by atoms with van der Waals surface area (Å²) in [6.45, 7) is 2.84. The van der Waals surface area contributed by atoms with E-state index in [-0.39, 0.29) is 18.1 Å². The van der Waals surface area contributed by atoms with Gasteiger partial charge in [0.25, 0.3) is 0 Å². The number of carbonyl (C=O) groups is 1. The number of carbonyl (C=O) groups excluding carboxylic acids is 1. The molecule has 0 radical (unpaired) electrons. The first kappa shape index (κ1) is 13.8. The summed E-state index contributed by atoms with van der Waals surface area (Å²) in [6.07, 6.45) is 3.36. The van der Waals surface area contributed by atoms with Crippen molar-refractivity contribution in [3.8, 4) is 0 Å². The Hall–Kier alpha value is -0.650. The molecule has 104 valence electrons. The molecule has 0 aromatic rings. The second-order valence-corrected chi connectivity index (χ2v) is 5.55. The van der Waals surface area contributed by atoms with Crippen LogP contribution < -0.4 is 5.32 Å². The predicted molar refractivity (Wildman–Crippen MR) is 68.2 cm³/mol. The Bertz CT molecular complexity index is 285. The van der Waals surface area contributed by atoms with Crippen LogP contribution in [0.5, 0.6) is 0 Å². The van der Waals surface area contributed by atoms with Gasteiger partial charge in [-0.3, -0.25) is 4.79 Å². The van der Waals surface area contributed by atoms with Crippen molar-refractivity contribution >= 4 is 5.91 Å². The summed E-state index contributed by atoms with van der Waals surface area (Å²) >= 11 is 0. The first-order valence-electron chi connectivity index (χ1n) is 6.91. The van der Waals surface area contributed by atoms with Crippen LogP contribution in [0.25, 0.3) is 0 Å². The average Bonchev–Trinajstić information content (AvgIpc) is 2.36. The van der Waals surface area contributed by atoms with Crippen molar-refractivity contribution < 1.29 is 14.6 Å². The van der Waals surface area contributed by atoms with E-state index in [4.69, 9.17) is 4.74 Å². The van der Waals surface area contributed by atoms with Gasteiger partial charge in [0.2, 0.25) is 5.91 Å². The molecule has 1 saturated carbocycles. The van der Waals surface area contributed by atoms with Crippen LogP contribution >= 0.6 is 0 Å². The summed E-state index contributed by atoms with van der Waals surface area (Å²) < 4.78 is 5.47. The van der Waals surface area contributed by atoms with Gasteiger partial charge < -0.3 is 20.1 Å². The van der Waals surface area contributed by atoms with Crippen molar-refractivity contribution in [2.45, 2.75) is 37.9 Å². The molecule has 0 spiro atoms. The summed E-state index contributed by atoms with van der Waals surface area (Å²) in [4.78, 5) is 14.1. The lowest BCUT2D eigenvalue weighted by molar-refractivity contribution is -0.138. The monoisotopic (exact) mass is 256 g/mol. The number of ether oxygens (including phenoxy) is 1. The van der Waals surface area contributed by atoms with E-state index in [0.29, 0.717) is 25.6 Å².